The van der Waals surface area contributed by atoms with Gasteiger partial charge in [-0.05, 0) is 114 Å². The van der Waals surface area contributed by atoms with Gasteiger partial charge in [-0.15, -0.1) is 0 Å². The fraction of sp³-hybridized carbons (Fsp3) is 0.118. The lowest BCUT2D eigenvalue weighted by atomic mass is 10.1. The van der Waals surface area contributed by atoms with Crippen LogP contribution in [-0.2, 0) is 6.61 Å². The predicted molar refractivity (Wildman–Crippen MR) is 172 cm³/mol. The number of aryl methyl sites for hydroxylation is 1. The average Bonchev–Trinajstić information content (AvgIpc) is 3.39. The van der Waals surface area contributed by atoms with Gasteiger partial charge < -0.3 is 14.0 Å². The second-order valence-corrected chi connectivity index (χ2v) is 10.6. The van der Waals surface area contributed by atoms with Crippen LogP contribution in [0.25, 0.3) is 16.9 Å². The molecular formula is C34H29FIN3O3. The van der Waals surface area contributed by atoms with Crippen molar-refractivity contribution < 1.29 is 18.7 Å². The summed E-state index contributed by atoms with van der Waals surface area (Å²) < 4.78 is 28.0. The van der Waals surface area contributed by atoms with Crippen molar-refractivity contribution in [2.75, 3.05) is 6.61 Å². The molecule has 0 aliphatic heterocycles. The predicted octanol–water partition coefficient (Wildman–Crippen LogP) is 7.94. The van der Waals surface area contributed by atoms with Gasteiger partial charge in [0.25, 0.3) is 5.91 Å². The number of hydrogen-bond acceptors (Lipinski definition) is 4. The highest BCUT2D eigenvalue weighted by Crippen LogP contribution is 2.34. The lowest BCUT2D eigenvalue weighted by Crippen LogP contribution is -2.17. The molecule has 0 saturated heterocycles. The Bertz CT molecular complexity index is 1700. The van der Waals surface area contributed by atoms with Gasteiger partial charge in [-0.3, -0.25) is 4.79 Å². The Balaban J connectivity index is 1.26. The number of hydrazone groups is 1. The summed E-state index contributed by atoms with van der Waals surface area (Å²) >= 11 is 2.17. The highest BCUT2D eigenvalue weighted by atomic mass is 127. The number of rotatable bonds is 10. The highest BCUT2D eigenvalue weighted by Gasteiger charge is 2.13. The molecule has 0 aliphatic carbocycles. The number of hydrogen-bond donors (Lipinski definition) is 1. The Labute approximate surface area is 257 Å². The summed E-state index contributed by atoms with van der Waals surface area (Å²) in [6.07, 6.45) is 1.57. The maximum absolute atomic E-state index is 13.2. The third kappa shape index (κ3) is 6.88. The summed E-state index contributed by atoms with van der Waals surface area (Å²) in [4.78, 5) is 12.8. The van der Waals surface area contributed by atoms with E-state index in [2.05, 4.69) is 68.9 Å². The maximum atomic E-state index is 13.2. The molecule has 0 unspecified atom stereocenters. The lowest BCUT2D eigenvalue weighted by molar-refractivity contribution is 0.0955. The Hall–Kier alpha value is -4.44. The molecule has 212 valence electrons. The third-order valence-electron chi connectivity index (χ3n) is 6.54. The molecule has 1 aromatic heterocycles. The van der Waals surface area contributed by atoms with E-state index >= 15 is 0 Å². The first-order valence-electron chi connectivity index (χ1n) is 13.4. The van der Waals surface area contributed by atoms with Crippen LogP contribution in [0.2, 0.25) is 0 Å². The van der Waals surface area contributed by atoms with Crippen LogP contribution in [0.4, 0.5) is 4.39 Å². The number of nitrogens with zero attached hydrogens (tertiary/aromatic N) is 2. The monoisotopic (exact) mass is 673 g/mol. The van der Waals surface area contributed by atoms with Crippen LogP contribution < -0.4 is 14.9 Å². The molecule has 1 N–H and O–H groups in total. The number of ether oxygens (including phenoxy) is 2. The standard InChI is InChI=1S/C34H29FIN3O3/c1-3-41-32-20-25(19-30(36)33(32)42-22-24-10-14-28(35)15-11-24)21-37-38-34(40)27-12-16-29(17-13-27)39-23(2)9-18-31(39)26-7-5-4-6-8-26/h4-21H,3,22H2,1-2H3,(H,38,40)/b37-21+. The quantitative estimate of drug-likeness (QED) is 0.0931. The average molecular weight is 674 g/mol. The van der Waals surface area contributed by atoms with E-state index < -0.39 is 0 Å². The molecule has 1 amide bonds. The molecular weight excluding hydrogens is 644 g/mol. The van der Waals surface area contributed by atoms with Crippen LogP contribution in [0.15, 0.2) is 108 Å². The number of nitrogens with one attached hydrogen (secondary N) is 1. The number of benzene rings is 4. The van der Waals surface area contributed by atoms with E-state index in [-0.39, 0.29) is 18.3 Å². The molecule has 0 spiro atoms. The zero-order valence-electron chi connectivity index (χ0n) is 23.2. The third-order valence-corrected chi connectivity index (χ3v) is 7.34. The first kappa shape index (κ1) is 29.1. The van der Waals surface area contributed by atoms with Crippen molar-refractivity contribution in [2.24, 2.45) is 5.10 Å². The van der Waals surface area contributed by atoms with Gasteiger partial charge in [-0.2, -0.15) is 5.10 Å². The zero-order valence-corrected chi connectivity index (χ0v) is 25.3. The van der Waals surface area contributed by atoms with E-state index in [0.29, 0.717) is 23.7 Å². The maximum Gasteiger partial charge on any atom is 0.271 e. The van der Waals surface area contributed by atoms with Crippen LogP contribution in [-0.4, -0.2) is 23.3 Å². The van der Waals surface area contributed by atoms with E-state index in [9.17, 15) is 9.18 Å². The molecule has 42 heavy (non-hydrogen) atoms. The minimum Gasteiger partial charge on any atom is -0.490 e. The number of halogens is 2. The van der Waals surface area contributed by atoms with Crippen LogP contribution in [0, 0.1) is 16.3 Å². The second-order valence-electron chi connectivity index (χ2n) is 9.49. The number of carbonyl (C=O) groups excluding carboxylic acids is 1. The van der Waals surface area contributed by atoms with E-state index in [0.717, 1.165) is 37.3 Å². The van der Waals surface area contributed by atoms with Crippen LogP contribution in [0.5, 0.6) is 11.5 Å². The first-order valence-corrected chi connectivity index (χ1v) is 14.5. The molecule has 5 rings (SSSR count). The van der Waals surface area contributed by atoms with Crippen LogP contribution in [0.3, 0.4) is 0 Å². The topological polar surface area (TPSA) is 64.8 Å². The van der Waals surface area contributed by atoms with Gasteiger partial charge in [-0.25, -0.2) is 9.82 Å². The molecule has 6 nitrogen and oxygen atoms in total. The smallest absolute Gasteiger partial charge is 0.271 e. The van der Waals surface area contributed by atoms with Gasteiger partial charge in [0.2, 0.25) is 0 Å². The summed E-state index contributed by atoms with van der Waals surface area (Å²) in [6, 6.07) is 31.7. The summed E-state index contributed by atoms with van der Waals surface area (Å²) in [5, 5.41) is 4.17. The Morgan fingerprint density at radius 3 is 2.40 bits per heavy atom. The molecule has 5 aromatic rings. The van der Waals surface area contributed by atoms with Crippen molar-refractivity contribution in [1.29, 1.82) is 0 Å². The molecule has 8 heteroatoms. The minimum absolute atomic E-state index is 0.274. The molecule has 0 aliphatic rings. The summed E-state index contributed by atoms with van der Waals surface area (Å²) in [6.45, 7) is 4.68. The van der Waals surface area contributed by atoms with Gasteiger partial charge in [0.15, 0.2) is 11.5 Å². The number of amides is 1. The van der Waals surface area contributed by atoms with Crippen LogP contribution >= 0.6 is 22.6 Å². The van der Waals surface area contributed by atoms with Gasteiger partial charge in [-0.1, -0.05) is 42.5 Å². The van der Waals surface area contributed by atoms with Gasteiger partial charge in [0.05, 0.1) is 22.1 Å². The summed E-state index contributed by atoms with van der Waals surface area (Å²) in [7, 11) is 0. The normalized spacial score (nSPS) is 11.0. The van der Waals surface area contributed by atoms with Crippen LogP contribution in [0.1, 0.15) is 34.1 Å². The molecule has 0 radical (unpaired) electrons. The van der Waals surface area contributed by atoms with E-state index in [1.807, 2.05) is 43.3 Å². The van der Waals surface area contributed by atoms with E-state index in [4.69, 9.17) is 9.47 Å². The first-order chi connectivity index (χ1) is 20.4. The number of aromatic nitrogens is 1. The Morgan fingerprint density at radius 1 is 0.952 bits per heavy atom. The molecule has 1 heterocycles. The van der Waals surface area contributed by atoms with E-state index in [1.54, 1.807) is 36.5 Å². The SMILES string of the molecule is CCOc1cc(/C=N/NC(=O)c2ccc(-n3c(C)ccc3-c3ccccc3)cc2)cc(I)c1OCc1ccc(F)cc1. The lowest BCUT2D eigenvalue weighted by Gasteiger charge is -2.15. The summed E-state index contributed by atoms with van der Waals surface area (Å²) in [5.41, 5.74) is 8.96. The van der Waals surface area contributed by atoms with Crippen molar-refractivity contribution in [2.45, 2.75) is 20.5 Å². The molecule has 4 aromatic carbocycles. The fourth-order valence-electron chi connectivity index (χ4n) is 4.51. The fourth-order valence-corrected chi connectivity index (χ4v) is 5.29. The molecule has 0 atom stereocenters. The highest BCUT2D eigenvalue weighted by molar-refractivity contribution is 14.1. The Morgan fingerprint density at radius 2 is 1.69 bits per heavy atom. The van der Waals surface area contributed by atoms with Crippen molar-refractivity contribution in [3.05, 3.63) is 135 Å². The van der Waals surface area contributed by atoms with Gasteiger partial charge in [0.1, 0.15) is 12.4 Å². The van der Waals surface area contributed by atoms with Crippen molar-refractivity contribution in [3.63, 3.8) is 0 Å². The summed E-state index contributed by atoms with van der Waals surface area (Å²) in [5.74, 6) is 0.547. The molecule has 0 bridgehead atoms. The van der Waals surface area contributed by atoms with Gasteiger partial charge >= 0.3 is 0 Å². The van der Waals surface area contributed by atoms with Gasteiger partial charge in [0, 0.05) is 16.9 Å². The van der Waals surface area contributed by atoms with Crippen molar-refractivity contribution in [3.8, 4) is 28.4 Å². The molecule has 0 fully saturated rings. The zero-order chi connectivity index (χ0) is 29.5. The van der Waals surface area contributed by atoms with Crippen molar-refractivity contribution in [1.82, 2.24) is 9.99 Å². The van der Waals surface area contributed by atoms with Crippen molar-refractivity contribution >= 4 is 34.7 Å². The van der Waals surface area contributed by atoms with E-state index in [1.165, 1.54) is 12.1 Å². The largest absolute Gasteiger partial charge is 0.490 e. The molecule has 0 saturated carbocycles. The second kappa shape index (κ2) is 13.5. The minimum atomic E-state index is -0.315. The Kier molecular flexibility index (Phi) is 9.33. The number of carbonyl (C=O) groups is 1.